The summed E-state index contributed by atoms with van der Waals surface area (Å²) in [5, 5.41) is 6.86. The molecule has 0 aliphatic heterocycles. The summed E-state index contributed by atoms with van der Waals surface area (Å²) in [5.41, 5.74) is 1.90. The van der Waals surface area contributed by atoms with E-state index in [1.165, 1.54) is 4.88 Å². The molecule has 0 atom stereocenters. The van der Waals surface area contributed by atoms with Gasteiger partial charge in [0.1, 0.15) is 0 Å². The first-order chi connectivity index (χ1) is 8.16. The largest absolute Gasteiger partial charge is 0.383 e. The van der Waals surface area contributed by atoms with E-state index in [1.807, 2.05) is 19.1 Å². The molecule has 0 bridgehead atoms. The van der Waals surface area contributed by atoms with Crippen LogP contribution in [0.4, 0.5) is 5.69 Å². The van der Waals surface area contributed by atoms with E-state index in [4.69, 9.17) is 23.2 Å². The van der Waals surface area contributed by atoms with E-state index in [2.05, 4.69) is 22.8 Å². The minimum absolute atomic E-state index is 0.720. The number of rotatable bonds is 4. The van der Waals surface area contributed by atoms with Crippen molar-refractivity contribution >= 4 is 40.2 Å². The average Bonchev–Trinajstić information content (AvgIpc) is 2.78. The molecule has 1 nitrogen and oxygen atoms in total. The molecule has 1 N–H and O–H groups in total. The van der Waals surface area contributed by atoms with Crippen LogP contribution in [0.2, 0.25) is 10.0 Å². The number of thiophene rings is 1. The van der Waals surface area contributed by atoms with Crippen LogP contribution >= 0.6 is 34.5 Å². The van der Waals surface area contributed by atoms with Gasteiger partial charge in [-0.1, -0.05) is 29.3 Å². The number of anilines is 1. The maximum absolute atomic E-state index is 6.14. The third-order valence-electron chi connectivity index (χ3n) is 2.52. The van der Waals surface area contributed by atoms with Crippen LogP contribution in [0, 0.1) is 6.92 Å². The van der Waals surface area contributed by atoms with Gasteiger partial charge < -0.3 is 5.32 Å². The lowest BCUT2D eigenvalue weighted by Gasteiger charge is -2.09. The lowest BCUT2D eigenvalue weighted by Crippen LogP contribution is -2.04. The van der Waals surface area contributed by atoms with Gasteiger partial charge in [-0.2, -0.15) is 0 Å². The van der Waals surface area contributed by atoms with Crippen molar-refractivity contribution in [3.05, 3.63) is 50.1 Å². The highest BCUT2D eigenvalue weighted by Gasteiger charge is 2.04. The van der Waals surface area contributed by atoms with E-state index in [1.54, 1.807) is 11.3 Å². The van der Waals surface area contributed by atoms with Crippen LogP contribution in [0.5, 0.6) is 0 Å². The van der Waals surface area contributed by atoms with Crippen molar-refractivity contribution < 1.29 is 0 Å². The summed E-state index contributed by atoms with van der Waals surface area (Å²) in [6.07, 6.45) is 0.999. The van der Waals surface area contributed by atoms with Gasteiger partial charge >= 0.3 is 0 Å². The molecule has 0 saturated heterocycles. The molecule has 4 heteroatoms. The SMILES string of the molecule is Cc1cc(Cl)c(NCCc2cccs2)cc1Cl. The summed E-state index contributed by atoms with van der Waals surface area (Å²) < 4.78 is 0. The molecule has 1 aromatic carbocycles. The first-order valence-corrected chi connectivity index (χ1v) is 7.02. The molecular formula is C13H13Cl2NS. The predicted octanol–water partition coefficient (Wildman–Crippen LogP) is 5.02. The molecule has 0 saturated carbocycles. The van der Waals surface area contributed by atoms with Crippen molar-refractivity contribution in [1.82, 2.24) is 0 Å². The lowest BCUT2D eigenvalue weighted by molar-refractivity contribution is 1.04. The fourth-order valence-electron chi connectivity index (χ4n) is 1.56. The third kappa shape index (κ3) is 3.38. The second kappa shape index (κ2) is 5.76. The zero-order chi connectivity index (χ0) is 12.3. The number of hydrogen-bond donors (Lipinski definition) is 1. The molecule has 1 aromatic heterocycles. The van der Waals surface area contributed by atoms with E-state index in [0.29, 0.717) is 0 Å². The van der Waals surface area contributed by atoms with Gasteiger partial charge in [-0.15, -0.1) is 11.3 Å². The minimum Gasteiger partial charge on any atom is -0.383 e. The predicted molar refractivity (Wildman–Crippen MR) is 77.7 cm³/mol. The molecule has 0 aliphatic rings. The van der Waals surface area contributed by atoms with Crippen LogP contribution in [-0.2, 0) is 6.42 Å². The molecule has 17 heavy (non-hydrogen) atoms. The highest BCUT2D eigenvalue weighted by atomic mass is 35.5. The van der Waals surface area contributed by atoms with Crippen LogP contribution in [0.3, 0.4) is 0 Å². The number of aryl methyl sites for hydroxylation is 1. The van der Waals surface area contributed by atoms with E-state index < -0.39 is 0 Å². The third-order valence-corrected chi connectivity index (χ3v) is 4.17. The topological polar surface area (TPSA) is 12.0 Å². The number of hydrogen-bond acceptors (Lipinski definition) is 2. The van der Waals surface area contributed by atoms with Crippen molar-refractivity contribution in [3.63, 3.8) is 0 Å². The van der Waals surface area contributed by atoms with E-state index in [9.17, 15) is 0 Å². The zero-order valence-electron chi connectivity index (χ0n) is 9.47. The van der Waals surface area contributed by atoms with Crippen LogP contribution in [0.25, 0.3) is 0 Å². The van der Waals surface area contributed by atoms with Crippen LogP contribution in [0.15, 0.2) is 29.6 Å². The van der Waals surface area contributed by atoms with Gasteiger partial charge in [0.25, 0.3) is 0 Å². The number of nitrogens with one attached hydrogen (secondary N) is 1. The Morgan fingerprint density at radius 1 is 1.24 bits per heavy atom. The zero-order valence-corrected chi connectivity index (χ0v) is 11.8. The van der Waals surface area contributed by atoms with Crippen LogP contribution in [0.1, 0.15) is 10.4 Å². The molecule has 0 amide bonds. The molecule has 0 radical (unpaired) electrons. The van der Waals surface area contributed by atoms with Crippen LogP contribution in [-0.4, -0.2) is 6.54 Å². The molecule has 0 aliphatic carbocycles. The molecule has 0 spiro atoms. The van der Waals surface area contributed by atoms with E-state index >= 15 is 0 Å². The summed E-state index contributed by atoms with van der Waals surface area (Å²) in [7, 11) is 0. The normalized spacial score (nSPS) is 10.5. The van der Waals surface area contributed by atoms with Crippen molar-refractivity contribution in [2.24, 2.45) is 0 Å². The highest BCUT2D eigenvalue weighted by molar-refractivity contribution is 7.09. The standard InChI is InChI=1S/C13H13Cl2NS/c1-9-7-12(15)13(8-11(9)14)16-5-4-10-3-2-6-17-10/h2-3,6-8,16H,4-5H2,1H3. The Balaban J connectivity index is 1.97. The van der Waals surface area contributed by atoms with Gasteiger partial charge in [0, 0.05) is 16.4 Å². The maximum Gasteiger partial charge on any atom is 0.0641 e. The first-order valence-electron chi connectivity index (χ1n) is 5.38. The summed E-state index contributed by atoms with van der Waals surface area (Å²) in [6.45, 7) is 2.81. The Labute approximate surface area is 115 Å². The van der Waals surface area contributed by atoms with Gasteiger partial charge in [-0.3, -0.25) is 0 Å². The van der Waals surface area contributed by atoms with E-state index in [-0.39, 0.29) is 0 Å². The Morgan fingerprint density at radius 3 is 2.76 bits per heavy atom. The molecule has 90 valence electrons. The Morgan fingerprint density at radius 2 is 2.06 bits per heavy atom. The maximum atomic E-state index is 6.14. The minimum atomic E-state index is 0.720. The Bertz CT molecular complexity index is 494. The van der Waals surface area contributed by atoms with Gasteiger partial charge in [-0.05, 0) is 42.5 Å². The highest BCUT2D eigenvalue weighted by Crippen LogP contribution is 2.28. The average molecular weight is 286 g/mol. The van der Waals surface area contributed by atoms with Gasteiger partial charge in [0.2, 0.25) is 0 Å². The number of halogens is 2. The monoisotopic (exact) mass is 285 g/mol. The Kier molecular flexibility index (Phi) is 4.32. The molecular weight excluding hydrogens is 273 g/mol. The van der Waals surface area contributed by atoms with Gasteiger partial charge in [0.15, 0.2) is 0 Å². The van der Waals surface area contributed by atoms with Gasteiger partial charge in [-0.25, -0.2) is 0 Å². The second-order valence-corrected chi connectivity index (χ2v) is 5.68. The summed E-state index contributed by atoms with van der Waals surface area (Å²) in [4.78, 5) is 1.37. The summed E-state index contributed by atoms with van der Waals surface area (Å²) >= 11 is 14.0. The smallest absolute Gasteiger partial charge is 0.0641 e. The fourth-order valence-corrected chi connectivity index (χ4v) is 2.71. The molecule has 2 aromatic rings. The summed E-state index contributed by atoms with van der Waals surface area (Å²) in [6, 6.07) is 7.97. The van der Waals surface area contributed by atoms with Gasteiger partial charge in [0.05, 0.1) is 10.7 Å². The van der Waals surface area contributed by atoms with Crippen molar-refractivity contribution in [1.29, 1.82) is 0 Å². The second-order valence-electron chi connectivity index (χ2n) is 3.84. The molecule has 2 rings (SSSR count). The van der Waals surface area contributed by atoms with Crippen molar-refractivity contribution in [2.75, 3.05) is 11.9 Å². The quantitative estimate of drug-likeness (QED) is 0.832. The molecule has 0 fully saturated rings. The number of benzene rings is 1. The summed E-state index contributed by atoms with van der Waals surface area (Å²) in [5.74, 6) is 0. The fraction of sp³-hybridized carbons (Fsp3) is 0.231. The first kappa shape index (κ1) is 12.7. The van der Waals surface area contributed by atoms with Crippen molar-refractivity contribution in [2.45, 2.75) is 13.3 Å². The van der Waals surface area contributed by atoms with E-state index in [0.717, 1.165) is 34.3 Å². The Hall–Kier alpha value is -0.700. The lowest BCUT2D eigenvalue weighted by atomic mass is 10.2. The molecule has 1 heterocycles. The molecule has 0 unspecified atom stereocenters. The van der Waals surface area contributed by atoms with Crippen molar-refractivity contribution in [3.8, 4) is 0 Å². The van der Waals surface area contributed by atoms with Crippen LogP contribution < -0.4 is 5.32 Å².